The van der Waals surface area contributed by atoms with Crippen LogP contribution < -0.4 is 0 Å². The average molecular weight is 384 g/mol. The number of carbonyl (C=O) groups excluding carboxylic acids is 1. The number of H-pyrrole nitrogens is 2. The number of hydrogen-bond acceptors (Lipinski definition) is 5. The molecule has 0 bridgehead atoms. The molecule has 2 saturated heterocycles. The molecular formula is C20H28N6O2. The van der Waals surface area contributed by atoms with Crippen molar-refractivity contribution in [3.8, 4) is 0 Å². The normalized spacial score (nSPS) is 23.1. The first kappa shape index (κ1) is 17.9. The monoisotopic (exact) mass is 384 g/mol. The van der Waals surface area contributed by atoms with E-state index in [4.69, 9.17) is 4.74 Å². The van der Waals surface area contributed by atoms with Crippen molar-refractivity contribution in [1.82, 2.24) is 30.2 Å². The molecule has 0 aromatic carbocycles. The van der Waals surface area contributed by atoms with Crippen LogP contribution in [0.2, 0.25) is 0 Å². The maximum absolute atomic E-state index is 13.1. The maximum atomic E-state index is 13.1. The molecule has 150 valence electrons. The van der Waals surface area contributed by atoms with Crippen LogP contribution in [0.3, 0.4) is 0 Å². The predicted molar refractivity (Wildman–Crippen MR) is 103 cm³/mol. The summed E-state index contributed by atoms with van der Waals surface area (Å²) in [4.78, 5) is 17.5. The Morgan fingerprint density at radius 1 is 1.18 bits per heavy atom. The molecule has 28 heavy (non-hydrogen) atoms. The van der Waals surface area contributed by atoms with E-state index in [2.05, 4.69) is 25.3 Å². The summed E-state index contributed by atoms with van der Waals surface area (Å²) in [6.07, 6.45) is 7.14. The third kappa shape index (κ3) is 3.35. The number of aromatic amines is 2. The fourth-order valence-corrected chi connectivity index (χ4v) is 4.84. The van der Waals surface area contributed by atoms with Gasteiger partial charge in [0.2, 0.25) is 0 Å². The highest BCUT2D eigenvalue weighted by molar-refractivity contribution is 5.94. The lowest BCUT2D eigenvalue weighted by Gasteiger charge is -2.33. The minimum atomic E-state index is 0.0818. The summed E-state index contributed by atoms with van der Waals surface area (Å²) in [6.45, 7) is 5.96. The van der Waals surface area contributed by atoms with Crippen LogP contribution in [0.5, 0.6) is 0 Å². The van der Waals surface area contributed by atoms with Crippen LogP contribution in [0.15, 0.2) is 6.20 Å². The van der Waals surface area contributed by atoms with E-state index in [0.717, 1.165) is 89.3 Å². The fraction of sp³-hybridized carbons (Fsp3) is 0.650. The van der Waals surface area contributed by atoms with E-state index in [1.165, 1.54) is 11.3 Å². The van der Waals surface area contributed by atoms with Crippen molar-refractivity contribution in [3.63, 3.8) is 0 Å². The summed E-state index contributed by atoms with van der Waals surface area (Å²) in [5.41, 5.74) is 5.38. The Hall–Kier alpha value is -2.19. The van der Waals surface area contributed by atoms with Gasteiger partial charge in [0.05, 0.1) is 19.4 Å². The van der Waals surface area contributed by atoms with E-state index in [1.807, 2.05) is 11.1 Å². The summed E-state index contributed by atoms with van der Waals surface area (Å²) >= 11 is 0. The Labute approximate surface area is 164 Å². The third-order valence-corrected chi connectivity index (χ3v) is 6.37. The molecule has 0 spiro atoms. The highest BCUT2D eigenvalue weighted by Crippen LogP contribution is 2.30. The Balaban J connectivity index is 1.29. The summed E-state index contributed by atoms with van der Waals surface area (Å²) in [7, 11) is 0. The molecule has 2 N–H and O–H groups in total. The zero-order chi connectivity index (χ0) is 18.9. The molecule has 0 saturated carbocycles. The number of hydrogen-bond donors (Lipinski definition) is 2. The standard InChI is InChI=1S/C20H28N6O2/c27-20(19-16-4-1-5-17(16)22-24-19)26-6-2-3-14(13-26)18-15(11-21-23-18)12-25-7-9-28-10-8-25/h11,14H,1-10,12-13H2,(H,21,23)(H,22,24). The molecule has 4 heterocycles. The van der Waals surface area contributed by atoms with Gasteiger partial charge in [-0.25, -0.2) is 0 Å². The Morgan fingerprint density at radius 2 is 2.07 bits per heavy atom. The number of nitrogens with zero attached hydrogens (tertiary/aromatic N) is 4. The van der Waals surface area contributed by atoms with E-state index in [0.29, 0.717) is 11.6 Å². The first-order valence-electron chi connectivity index (χ1n) is 10.5. The van der Waals surface area contributed by atoms with Crippen molar-refractivity contribution in [1.29, 1.82) is 0 Å². The van der Waals surface area contributed by atoms with Gasteiger partial charge in [-0.1, -0.05) is 0 Å². The van der Waals surface area contributed by atoms with Crippen molar-refractivity contribution in [2.45, 2.75) is 44.6 Å². The van der Waals surface area contributed by atoms with Crippen molar-refractivity contribution in [3.05, 3.63) is 34.4 Å². The summed E-state index contributed by atoms with van der Waals surface area (Å²) in [5, 5.41) is 15.0. The SMILES string of the molecule is O=C(c1n[nH]c2c1CCC2)N1CCCC(c2[nH]ncc2CN2CCOCC2)C1. The summed E-state index contributed by atoms with van der Waals surface area (Å²) < 4.78 is 5.46. The maximum Gasteiger partial charge on any atom is 0.274 e. The van der Waals surface area contributed by atoms with Gasteiger partial charge < -0.3 is 9.64 Å². The van der Waals surface area contributed by atoms with E-state index < -0.39 is 0 Å². The van der Waals surface area contributed by atoms with E-state index >= 15 is 0 Å². The summed E-state index contributed by atoms with van der Waals surface area (Å²) in [5.74, 6) is 0.390. The lowest BCUT2D eigenvalue weighted by atomic mass is 9.92. The van der Waals surface area contributed by atoms with Crippen molar-refractivity contribution in [2.24, 2.45) is 0 Å². The molecule has 8 heteroatoms. The van der Waals surface area contributed by atoms with Crippen LogP contribution in [-0.2, 0) is 24.1 Å². The average Bonchev–Trinajstić information content (AvgIpc) is 3.45. The lowest BCUT2D eigenvalue weighted by molar-refractivity contribution is 0.0339. The second-order valence-electron chi connectivity index (χ2n) is 8.17. The molecule has 2 aliphatic heterocycles. The number of carbonyl (C=O) groups is 1. The topological polar surface area (TPSA) is 90.1 Å². The molecule has 5 rings (SSSR count). The number of amides is 1. The van der Waals surface area contributed by atoms with Gasteiger partial charge in [0.1, 0.15) is 0 Å². The zero-order valence-electron chi connectivity index (χ0n) is 16.2. The first-order chi connectivity index (χ1) is 13.8. The molecule has 1 unspecified atom stereocenters. The van der Waals surface area contributed by atoms with Gasteiger partial charge >= 0.3 is 0 Å². The summed E-state index contributed by atoms with van der Waals surface area (Å²) in [6, 6.07) is 0. The Morgan fingerprint density at radius 3 is 2.96 bits per heavy atom. The number of morpholine rings is 1. The quantitative estimate of drug-likeness (QED) is 0.833. The molecule has 1 aliphatic carbocycles. The number of piperidine rings is 1. The van der Waals surface area contributed by atoms with Gasteiger partial charge in [0.15, 0.2) is 5.69 Å². The molecule has 1 atom stereocenters. The highest BCUT2D eigenvalue weighted by atomic mass is 16.5. The van der Waals surface area contributed by atoms with Gasteiger partial charge in [-0.15, -0.1) is 0 Å². The number of aryl methyl sites for hydroxylation is 1. The smallest absolute Gasteiger partial charge is 0.274 e. The fourth-order valence-electron chi connectivity index (χ4n) is 4.84. The highest BCUT2D eigenvalue weighted by Gasteiger charge is 2.32. The van der Waals surface area contributed by atoms with E-state index in [1.54, 1.807) is 0 Å². The van der Waals surface area contributed by atoms with Crippen LogP contribution in [0.1, 0.15) is 58.2 Å². The Kier molecular flexibility index (Phi) is 4.90. The van der Waals surface area contributed by atoms with Crippen LogP contribution in [0.25, 0.3) is 0 Å². The van der Waals surface area contributed by atoms with Crippen molar-refractivity contribution in [2.75, 3.05) is 39.4 Å². The first-order valence-corrected chi connectivity index (χ1v) is 10.5. The van der Waals surface area contributed by atoms with Crippen molar-refractivity contribution < 1.29 is 9.53 Å². The number of ether oxygens (including phenoxy) is 1. The number of rotatable bonds is 4. The van der Waals surface area contributed by atoms with Gasteiger partial charge in [-0.3, -0.25) is 19.9 Å². The number of fused-ring (bicyclic) bond motifs is 1. The second-order valence-corrected chi connectivity index (χ2v) is 8.17. The van der Waals surface area contributed by atoms with Crippen LogP contribution in [-0.4, -0.2) is 75.5 Å². The zero-order valence-corrected chi connectivity index (χ0v) is 16.2. The van der Waals surface area contributed by atoms with E-state index in [9.17, 15) is 4.79 Å². The van der Waals surface area contributed by atoms with Crippen LogP contribution in [0.4, 0.5) is 0 Å². The van der Waals surface area contributed by atoms with Crippen molar-refractivity contribution >= 4 is 5.91 Å². The Bertz CT molecular complexity index is 838. The molecule has 3 aliphatic rings. The molecule has 2 aromatic rings. The number of aromatic nitrogens is 4. The van der Waals surface area contributed by atoms with Gasteiger partial charge in [0, 0.05) is 61.2 Å². The molecule has 1 amide bonds. The molecular weight excluding hydrogens is 356 g/mol. The minimum absolute atomic E-state index is 0.0818. The molecule has 2 aromatic heterocycles. The third-order valence-electron chi connectivity index (χ3n) is 6.37. The number of nitrogens with one attached hydrogen (secondary N) is 2. The van der Waals surface area contributed by atoms with Gasteiger partial charge in [-0.2, -0.15) is 10.2 Å². The molecule has 0 radical (unpaired) electrons. The largest absolute Gasteiger partial charge is 0.379 e. The van der Waals surface area contributed by atoms with Crippen LogP contribution in [0, 0.1) is 0 Å². The van der Waals surface area contributed by atoms with E-state index in [-0.39, 0.29) is 5.91 Å². The minimum Gasteiger partial charge on any atom is -0.379 e. The lowest BCUT2D eigenvalue weighted by Crippen LogP contribution is -2.40. The molecule has 8 nitrogen and oxygen atoms in total. The second kappa shape index (κ2) is 7.67. The van der Waals surface area contributed by atoms with Gasteiger partial charge in [-0.05, 0) is 32.1 Å². The molecule has 2 fully saturated rings. The van der Waals surface area contributed by atoms with Crippen LogP contribution >= 0.6 is 0 Å². The number of likely N-dealkylation sites (tertiary alicyclic amines) is 1. The predicted octanol–water partition coefficient (Wildman–Crippen LogP) is 1.47. The van der Waals surface area contributed by atoms with Gasteiger partial charge in [0.25, 0.3) is 5.91 Å².